The van der Waals surface area contributed by atoms with Crippen LogP contribution in [-0.2, 0) is 19.0 Å². The summed E-state index contributed by atoms with van der Waals surface area (Å²) >= 11 is 0. The van der Waals surface area contributed by atoms with E-state index >= 15 is 0 Å². The summed E-state index contributed by atoms with van der Waals surface area (Å²) < 4.78 is 58.1. The number of benzene rings is 2. The van der Waals surface area contributed by atoms with E-state index in [1.165, 1.54) is 6.92 Å². The summed E-state index contributed by atoms with van der Waals surface area (Å²) in [7, 11) is 4.66. The largest absolute Gasteiger partial charge is 0.496 e. The van der Waals surface area contributed by atoms with Crippen LogP contribution in [0.3, 0.4) is 0 Å². The molecule has 0 radical (unpaired) electrons. The van der Waals surface area contributed by atoms with Gasteiger partial charge in [0.25, 0.3) is 0 Å². The fourth-order valence-electron chi connectivity index (χ4n) is 5.57. The molecule has 0 saturated carbocycles. The zero-order valence-corrected chi connectivity index (χ0v) is 20.3. The molecule has 4 aliphatic rings. The fraction of sp³-hybridized carbons (Fsp3) is 0.480. The topological polar surface area (TPSA) is 109 Å². The summed E-state index contributed by atoms with van der Waals surface area (Å²) in [5.41, 5.74) is 0.147. The van der Waals surface area contributed by atoms with Gasteiger partial charge in [-0.05, 0) is 6.07 Å². The van der Waals surface area contributed by atoms with Crippen LogP contribution in [0.25, 0.3) is 0 Å². The number of hydrogen-bond acceptors (Lipinski definition) is 11. The molecule has 4 heterocycles. The van der Waals surface area contributed by atoms with Crippen LogP contribution < -0.4 is 33.2 Å². The predicted molar refractivity (Wildman–Crippen MR) is 120 cm³/mol. The zero-order valence-electron chi connectivity index (χ0n) is 20.3. The number of carbonyl (C=O) groups excluding carboxylic acids is 1. The third-order valence-corrected chi connectivity index (χ3v) is 7.04. The molecule has 192 valence electrons. The van der Waals surface area contributed by atoms with E-state index in [9.17, 15) is 4.79 Å². The highest BCUT2D eigenvalue weighted by Crippen LogP contribution is 2.61. The second kappa shape index (κ2) is 8.52. The molecular formula is C25H26O11. The van der Waals surface area contributed by atoms with Gasteiger partial charge in [0, 0.05) is 24.6 Å². The minimum Gasteiger partial charge on any atom is -0.496 e. The Bertz CT molecular complexity index is 1210. The summed E-state index contributed by atoms with van der Waals surface area (Å²) in [6.45, 7) is 1.86. The number of hydrogen-bond donors (Lipinski definition) is 0. The lowest BCUT2D eigenvalue weighted by molar-refractivity contribution is -0.167. The van der Waals surface area contributed by atoms with Crippen molar-refractivity contribution in [2.24, 2.45) is 5.92 Å². The van der Waals surface area contributed by atoms with Gasteiger partial charge in [-0.1, -0.05) is 0 Å². The van der Waals surface area contributed by atoms with Gasteiger partial charge in [0.15, 0.2) is 28.6 Å². The lowest BCUT2D eigenvalue weighted by Crippen LogP contribution is -2.43. The van der Waals surface area contributed by atoms with Crippen molar-refractivity contribution in [1.82, 2.24) is 0 Å². The summed E-state index contributed by atoms with van der Waals surface area (Å²) in [4.78, 5) is 12.4. The average Bonchev–Trinajstić information content (AvgIpc) is 3.65. The second-order valence-corrected chi connectivity index (χ2v) is 8.81. The highest BCUT2D eigenvalue weighted by atomic mass is 16.7. The Balaban J connectivity index is 1.46. The van der Waals surface area contributed by atoms with Gasteiger partial charge in [-0.25, -0.2) is 0 Å². The van der Waals surface area contributed by atoms with Crippen LogP contribution in [0.5, 0.6) is 40.2 Å². The zero-order chi connectivity index (χ0) is 25.0. The first-order valence-corrected chi connectivity index (χ1v) is 11.5. The normalized spacial score (nSPS) is 27.1. The molecule has 4 atom stereocenters. The van der Waals surface area contributed by atoms with Gasteiger partial charge in [0.1, 0.15) is 17.6 Å². The molecule has 2 fully saturated rings. The van der Waals surface area contributed by atoms with Gasteiger partial charge in [0.05, 0.1) is 52.1 Å². The lowest BCUT2D eigenvalue weighted by atomic mass is 9.79. The van der Waals surface area contributed by atoms with Gasteiger partial charge < -0.3 is 47.4 Å². The number of fused-ring (bicyclic) bond motifs is 3. The molecule has 0 aromatic heterocycles. The van der Waals surface area contributed by atoms with Crippen LogP contribution in [0.15, 0.2) is 18.2 Å². The minimum absolute atomic E-state index is 0.0692. The Hall–Kier alpha value is -3.57. The number of methoxy groups -OCH3 is 3. The van der Waals surface area contributed by atoms with Gasteiger partial charge in [-0.2, -0.15) is 0 Å². The Kier molecular flexibility index (Phi) is 5.41. The van der Waals surface area contributed by atoms with Crippen LogP contribution in [-0.4, -0.2) is 59.7 Å². The maximum absolute atomic E-state index is 12.4. The number of carbonyl (C=O) groups is 1. The quantitative estimate of drug-likeness (QED) is 0.544. The summed E-state index contributed by atoms with van der Waals surface area (Å²) in [5.74, 6) is 2.73. The summed E-state index contributed by atoms with van der Waals surface area (Å²) in [6.07, 6.45) is -1.28. The lowest BCUT2D eigenvalue weighted by Gasteiger charge is -2.33. The molecule has 6 rings (SSSR count). The smallest absolute Gasteiger partial charge is 0.303 e. The monoisotopic (exact) mass is 502 g/mol. The molecule has 0 aliphatic carbocycles. The van der Waals surface area contributed by atoms with Crippen LogP contribution in [0, 0.1) is 5.92 Å². The van der Waals surface area contributed by atoms with E-state index in [4.69, 9.17) is 47.4 Å². The van der Waals surface area contributed by atoms with E-state index in [1.54, 1.807) is 39.5 Å². The molecule has 11 nitrogen and oxygen atoms in total. The van der Waals surface area contributed by atoms with Gasteiger partial charge in [-0.3, -0.25) is 4.79 Å². The van der Waals surface area contributed by atoms with E-state index in [-0.39, 0.29) is 26.8 Å². The van der Waals surface area contributed by atoms with Crippen molar-refractivity contribution in [2.75, 3.05) is 48.1 Å². The highest BCUT2D eigenvalue weighted by molar-refractivity contribution is 5.68. The third kappa shape index (κ3) is 3.22. The van der Waals surface area contributed by atoms with E-state index in [1.807, 2.05) is 0 Å². The molecule has 2 aromatic rings. The minimum atomic E-state index is -1.15. The number of ether oxygens (including phenoxy) is 10. The third-order valence-electron chi connectivity index (χ3n) is 7.04. The highest BCUT2D eigenvalue weighted by Gasteiger charge is 2.64. The average molecular weight is 502 g/mol. The van der Waals surface area contributed by atoms with Crippen molar-refractivity contribution in [3.8, 4) is 40.2 Å². The van der Waals surface area contributed by atoms with Crippen molar-refractivity contribution in [1.29, 1.82) is 0 Å². The van der Waals surface area contributed by atoms with E-state index in [0.717, 1.165) is 0 Å². The first kappa shape index (κ1) is 22.9. The standard InChI is InChI=1S/C25H26O11/c1-12(26)36-25-9-31-21(20-18(28-3)7-19-22(23(20)29-4)35-11-34-19)14(25)8-30-24(25)13-5-16-17(33-10-32-16)6-15(13)27-2/h5-7,14,21,24H,8-11H2,1-4H3/t14-,21+,24?,25-/m1/s1. The summed E-state index contributed by atoms with van der Waals surface area (Å²) in [5, 5.41) is 0. The van der Waals surface area contributed by atoms with Crippen LogP contribution in [0.4, 0.5) is 0 Å². The number of esters is 1. The molecular weight excluding hydrogens is 476 g/mol. The van der Waals surface area contributed by atoms with Crippen molar-refractivity contribution in [3.63, 3.8) is 0 Å². The predicted octanol–water partition coefficient (Wildman–Crippen LogP) is 2.93. The second-order valence-electron chi connectivity index (χ2n) is 8.81. The number of rotatable bonds is 6. The molecule has 2 saturated heterocycles. The fourth-order valence-corrected chi connectivity index (χ4v) is 5.57. The van der Waals surface area contributed by atoms with E-state index in [2.05, 4.69) is 0 Å². The first-order chi connectivity index (χ1) is 17.5. The Morgan fingerprint density at radius 3 is 2.31 bits per heavy atom. The molecule has 1 unspecified atom stereocenters. The Morgan fingerprint density at radius 2 is 1.58 bits per heavy atom. The van der Waals surface area contributed by atoms with Crippen LogP contribution >= 0.6 is 0 Å². The van der Waals surface area contributed by atoms with Crippen molar-refractivity contribution >= 4 is 5.97 Å². The molecule has 4 aliphatic heterocycles. The summed E-state index contributed by atoms with van der Waals surface area (Å²) in [6, 6.07) is 5.28. The molecule has 2 aromatic carbocycles. The van der Waals surface area contributed by atoms with Gasteiger partial charge in [-0.15, -0.1) is 0 Å². The maximum atomic E-state index is 12.4. The molecule has 36 heavy (non-hydrogen) atoms. The molecule has 0 spiro atoms. The van der Waals surface area contributed by atoms with Crippen LogP contribution in [0.2, 0.25) is 0 Å². The van der Waals surface area contributed by atoms with E-state index < -0.39 is 29.7 Å². The molecule has 11 heteroatoms. The molecule has 0 amide bonds. The van der Waals surface area contributed by atoms with Crippen LogP contribution in [0.1, 0.15) is 30.3 Å². The Morgan fingerprint density at radius 1 is 0.889 bits per heavy atom. The Labute approximate surface area is 207 Å². The van der Waals surface area contributed by atoms with E-state index in [0.29, 0.717) is 51.4 Å². The molecule has 0 bridgehead atoms. The van der Waals surface area contributed by atoms with Gasteiger partial charge in [0.2, 0.25) is 19.3 Å². The SMILES string of the molecule is COc1cc2c(cc1C1OC[C@@H]3[C@@H](c4c(OC)cc5c(c4OC)OCO5)OC[C@]13OC(C)=O)OCO2. The van der Waals surface area contributed by atoms with Crippen molar-refractivity contribution < 1.29 is 52.2 Å². The van der Waals surface area contributed by atoms with Crippen molar-refractivity contribution in [2.45, 2.75) is 24.7 Å². The van der Waals surface area contributed by atoms with Gasteiger partial charge >= 0.3 is 5.97 Å². The molecule has 0 N–H and O–H groups in total. The first-order valence-electron chi connectivity index (χ1n) is 11.5. The maximum Gasteiger partial charge on any atom is 0.303 e. The van der Waals surface area contributed by atoms with Crippen molar-refractivity contribution in [3.05, 3.63) is 29.3 Å².